The fourth-order valence-electron chi connectivity index (χ4n) is 3.77. The molecule has 6 heteroatoms. The Balaban J connectivity index is 1.42. The van der Waals surface area contributed by atoms with Gasteiger partial charge in [-0.05, 0) is 12.5 Å². The molecule has 136 valence electrons. The molecular weight excluding hydrogens is 328 g/mol. The number of rotatable bonds is 4. The highest BCUT2D eigenvalue weighted by atomic mass is 16.5. The van der Waals surface area contributed by atoms with Crippen LogP contribution in [0.2, 0.25) is 0 Å². The van der Waals surface area contributed by atoms with Gasteiger partial charge in [0.05, 0.1) is 13.5 Å². The number of carbonyl (C=O) groups is 1. The molecule has 6 nitrogen and oxygen atoms in total. The topological polar surface area (TPSA) is 67.3 Å². The molecule has 1 N–H and O–H groups in total. The molecular formula is C20H24N4O2. The third-order valence-electron chi connectivity index (χ3n) is 5.27. The zero-order valence-corrected chi connectivity index (χ0v) is 15.1. The van der Waals surface area contributed by atoms with Crippen molar-refractivity contribution in [3.8, 4) is 5.75 Å². The molecule has 0 aliphatic carbocycles. The van der Waals surface area contributed by atoms with Crippen LogP contribution in [0.15, 0.2) is 30.5 Å². The molecule has 0 spiro atoms. The first kappa shape index (κ1) is 17.0. The van der Waals surface area contributed by atoms with Gasteiger partial charge in [0, 0.05) is 61.5 Å². The van der Waals surface area contributed by atoms with Gasteiger partial charge in [0.1, 0.15) is 11.6 Å². The third-order valence-corrected chi connectivity index (χ3v) is 5.27. The summed E-state index contributed by atoms with van der Waals surface area (Å²) >= 11 is 0. The third kappa shape index (κ3) is 3.42. The average molecular weight is 352 g/mol. The summed E-state index contributed by atoms with van der Waals surface area (Å²) in [6.45, 7) is 3.28. The minimum absolute atomic E-state index is 0.138. The van der Waals surface area contributed by atoms with Crippen LogP contribution in [-0.4, -0.2) is 47.5 Å². The van der Waals surface area contributed by atoms with Gasteiger partial charge in [0.15, 0.2) is 0 Å². The molecule has 2 aliphatic rings. The van der Waals surface area contributed by atoms with Crippen molar-refractivity contribution < 1.29 is 9.53 Å². The standard InChI is InChI=1S/C20H24N4O2/c1-26-18-5-3-2-4-14(18)10-19(25)24-9-7-15(13-24)20-22-12-16-11-21-8-6-17(16)23-20/h2-5,12,15,21H,6-11,13H2,1H3/t15-/m1/s1. The molecule has 3 heterocycles. The largest absolute Gasteiger partial charge is 0.496 e. The van der Waals surface area contributed by atoms with Crippen molar-refractivity contribution >= 4 is 5.91 Å². The summed E-state index contributed by atoms with van der Waals surface area (Å²) in [5, 5.41) is 3.34. The molecule has 0 radical (unpaired) electrons. The number of benzene rings is 1. The molecule has 2 aromatic rings. The number of amides is 1. The molecule has 1 amide bonds. The van der Waals surface area contributed by atoms with E-state index < -0.39 is 0 Å². The highest BCUT2D eigenvalue weighted by molar-refractivity contribution is 5.79. The number of para-hydroxylation sites is 1. The van der Waals surface area contributed by atoms with Gasteiger partial charge >= 0.3 is 0 Å². The summed E-state index contributed by atoms with van der Waals surface area (Å²) in [6, 6.07) is 7.70. The SMILES string of the molecule is COc1ccccc1CC(=O)N1CC[C@@H](c2ncc3c(n2)CCNC3)C1. The highest BCUT2D eigenvalue weighted by Crippen LogP contribution is 2.27. The van der Waals surface area contributed by atoms with E-state index in [0.717, 1.165) is 55.3 Å². The average Bonchev–Trinajstić information content (AvgIpc) is 3.18. The molecule has 1 atom stereocenters. The number of methoxy groups -OCH3 is 1. The van der Waals surface area contributed by atoms with Crippen molar-refractivity contribution in [3.05, 3.63) is 53.1 Å². The Morgan fingerprint density at radius 1 is 1.38 bits per heavy atom. The van der Waals surface area contributed by atoms with Gasteiger partial charge < -0.3 is 15.0 Å². The summed E-state index contributed by atoms with van der Waals surface area (Å²) in [7, 11) is 1.64. The lowest BCUT2D eigenvalue weighted by atomic mass is 10.1. The number of nitrogens with zero attached hydrogens (tertiary/aromatic N) is 3. The van der Waals surface area contributed by atoms with Crippen molar-refractivity contribution in [1.82, 2.24) is 20.2 Å². The molecule has 26 heavy (non-hydrogen) atoms. The van der Waals surface area contributed by atoms with E-state index in [-0.39, 0.29) is 11.8 Å². The number of ether oxygens (including phenoxy) is 1. The Hall–Kier alpha value is -2.47. The van der Waals surface area contributed by atoms with Crippen LogP contribution in [0.5, 0.6) is 5.75 Å². The summed E-state index contributed by atoms with van der Waals surface area (Å²) in [4.78, 5) is 24.0. The number of carbonyl (C=O) groups excluding carboxylic acids is 1. The maximum Gasteiger partial charge on any atom is 0.227 e. The van der Waals surface area contributed by atoms with Crippen LogP contribution >= 0.6 is 0 Å². The zero-order valence-electron chi connectivity index (χ0n) is 15.1. The lowest BCUT2D eigenvalue weighted by Gasteiger charge is -2.19. The molecule has 1 aromatic heterocycles. The van der Waals surface area contributed by atoms with E-state index in [1.807, 2.05) is 35.4 Å². The van der Waals surface area contributed by atoms with Crippen molar-refractivity contribution in [1.29, 1.82) is 0 Å². The normalized spacial score (nSPS) is 19.3. The smallest absolute Gasteiger partial charge is 0.227 e. The van der Waals surface area contributed by atoms with Gasteiger partial charge in [-0.25, -0.2) is 9.97 Å². The van der Waals surface area contributed by atoms with E-state index in [2.05, 4.69) is 10.3 Å². The number of likely N-dealkylation sites (tertiary alicyclic amines) is 1. The van der Waals surface area contributed by atoms with Crippen LogP contribution in [0.3, 0.4) is 0 Å². The van der Waals surface area contributed by atoms with E-state index in [9.17, 15) is 4.79 Å². The predicted octanol–water partition coefficient (Wildman–Crippen LogP) is 1.69. The minimum atomic E-state index is 0.138. The highest BCUT2D eigenvalue weighted by Gasteiger charge is 2.30. The van der Waals surface area contributed by atoms with Crippen molar-refractivity contribution in [2.24, 2.45) is 0 Å². The van der Waals surface area contributed by atoms with Crippen molar-refractivity contribution in [3.63, 3.8) is 0 Å². The van der Waals surface area contributed by atoms with E-state index in [1.165, 1.54) is 5.56 Å². The van der Waals surface area contributed by atoms with Crippen molar-refractivity contribution in [2.45, 2.75) is 31.7 Å². The monoisotopic (exact) mass is 352 g/mol. The van der Waals surface area contributed by atoms with Gasteiger partial charge in [-0.2, -0.15) is 0 Å². The summed E-state index contributed by atoms with van der Waals surface area (Å²) < 4.78 is 5.36. The lowest BCUT2D eigenvalue weighted by molar-refractivity contribution is -0.129. The number of aromatic nitrogens is 2. The molecule has 2 aliphatic heterocycles. The predicted molar refractivity (Wildman–Crippen MR) is 98.1 cm³/mol. The minimum Gasteiger partial charge on any atom is -0.496 e. The first-order chi connectivity index (χ1) is 12.7. The van der Waals surface area contributed by atoms with Crippen LogP contribution in [0, 0.1) is 0 Å². The van der Waals surface area contributed by atoms with Crippen LogP contribution < -0.4 is 10.1 Å². The lowest BCUT2D eigenvalue weighted by Crippen LogP contribution is -2.30. The van der Waals surface area contributed by atoms with Crippen molar-refractivity contribution in [2.75, 3.05) is 26.7 Å². The fourth-order valence-corrected chi connectivity index (χ4v) is 3.77. The van der Waals surface area contributed by atoms with Gasteiger partial charge in [-0.15, -0.1) is 0 Å². The van der Waals surface area contributed by atoms with Gasteiger partial charge in [0.25, 0.3) is 0 Å². The second kappa shape index (κ2) is 7.41. The first-order valence-electron chi connectivity index (χ1n) is 9.19. The van der Waals surface area contributed by atoms with Gasteiger partial charge in [-0.3, -0.25) is 4.79 Å². The molecule has 1 saturated heterocycles. The Morgan fingerprint density at radius 2 is 2.27 bits per heavy atom. The van der Waals surface area contributed by atoms with E-state index in [4.69, 9.17) is 9.72 Å². The number of hydrogen-bond acceptors (Lipinski definition) is 5. The summed E-state index contributed by atoms with van der Waals surface area (Å²) in [5.41, 5.74) is 3.29. The van der Waals surface area contributed by atoms with E-state index >= 15 is 0 Å². The second-order valence-corrected chi connectivity index (χ2v) is 6.94. The summed E-state index contributed by atoms with van der Waals surface area (Å²) in [5.74, 6) is 2.03. The quantitative estimate of drug-likeness (QED) is 0.907. The number of fused-ring (bicyclic) bond motifs is 1. The summed E-state index contributed by atoms with van der Waals surface area (Å²) in [6.07, 6.45) is 4.19. The molecule has 1 fully saturated rings. The van der Waals surface area contributed by atoms with Crippen LogP contribution in [0.25, 0.3) is 0 Å². The number of hydrogen-bond donors (Lipinski definition) is 1. The Kier molecular flexibility index (Phi) is 4.84. The first-order valence-corrected chi connectivity index (χ1v) is 9.19. The fraction of sp³-hybridized carbons (Fsp3) is 0.450. The number of nitrogens with one attached hydrogen (secondary N) is 1. The molecule has 0 saturated carbocycles. The molecule has 0 unspecified atom stereocenters. The Bertz CT molecular complexity index is 808. The van der Waals surface area contributed by atoms with E-state index in [1.54, 1.807) is 7.11 Å². The van der Waals surface area contributed by atoms with Gasteiger partial charge in [-0.1, -0.05) is 18.2 Å². The zero-order chi connectivity index (χ0) is 17.9. The maximum absolute atomic E-state index is 12.7. The van der Waals surface area contributed by atoms with E-state index in [0.29, 0.717) is 13.0 Å². The van der Waals surface area contributed by atoms with Crippen LogP contribution in [0.1, 0.15) is 35.0 Å². The molecule has 4 rings (SSSR count). The molecule has 0 bridgehead atoms. The van der Waals surface area contributed by atoms with Gasteiger partial charge in [0.2, 0.25) is 5.91 Å². The Labute approximate surface area is 153 Å². The maximum atomic E-state index is 12.7. The molecule has 1 aromatic carbocycles. The second-order valence-electron chi connectivity index (χ2n) is 6.94. The van der Waals surface area contributed by atoms with Crippen LogP contribution in [-0.2, 0) is 24.2 Å². The van der Waals surface area contributed by atoms with Crippen LogP contribution in [0.4, 0.5) is 0 Å². The Morgan fingerprint density at radius 3 is 3.15 bits per heavy atom.